The molecule has 2 aromatic carbocycles. The monoisotopic (exact) mass is 348 g/mol. The maximum absolute atomic E-state index is 12.1. The highest BCUT2D eigenvalue weighted by Gasteiger charge is 2.12. The zero-order valence-electron chi connectivity index (χ0n) is 11.9. The quantitative estimate of drug-likeness (QED) is 0.496. The maximum Gasteiger partial charge on any atom is 0.276 e. The van der Waals surface area contributed by atoms with Gasteiger partial charge in [-0.15, -0.1) is 6.42 Å². The molecule has 0 saturated heterocycles. The van der Waals surface area contributed by atoms with Crippen LogP contribution in [0.25, 0.3) is 0 Å². The molecule has 0 heterocycles. The van der Waals surface area contributed by atoms with Gasteiger partial charge in [0, 0.05) is 10.6 Å². The minimum atomic E-state index is -3.76. The molecule has 118 valence electrons. The van der Waals surface area contributed by atoms with Gasteiger partial charge in [-0.3, -0.25) is 0 Å². The van der Waals surface area contributed by atoms with Gasteiger partial charge in [0.2, 0.25) is 0 Å². The van der Waals surface area contributed by atoms with Crippen molar-refractivity contribution < 1.29 is 13.2 Å². The molecule has 0 saturated carbocycles. The zero-order valence-corrected chi connectivity index (χ0v) is 13.5. The smallest absolute Gasteiger partial charge is 0.276 e. The summed E-state index contributed by atoms with van der Waals surface area (Å²) in [5.74, 6) is 2.87. The lowest BCUT2D eigenvalue weighted by atomic mass is 10.2. The summed E-state index contributed by atoms with van der Waals surface area (Å²) < 4.78 is 29.5. The molecule has 0 aromatic heterocycles. The van der Waals surface area contributed by atoms with E-state index in [2.05, 4.69) is 15.9 Å². The van der Waals surface area contributed by atoms with Crippen LogP contribution in [0.5, 0.6) is 5.75 Å². The molecule has 2 rings (SSSR count). The molecule has 0 amide bonds. The fraction of sp³-hybridized carbons (Fsp3) is 0.0625. The molecule has 0 aliphatic heterocycles. The van der Waals surface area contributed by atoms with Crippen LogP contribution in [0.3, 0.4) is 0 Å². The van der Waals surface area contributed by atoms with Crippen LogP contribution in [-0.4, -0.2) is 21.2 Å². The Morgan fingerprint density at radius 1 is 1.22 bits per heavy atom. The van der Waals surface area contributed by atoms with Gasteiger partial charge in [0.15, 0.2) is 0 Å². The topological polar surface area (TPSA) is 67.8 Å². The van der Waals surface area contributed by atoms with Gasteiger partial charge >= 0.3 is 0 Å². The van der Waals surface area contributed by atoms with Crippen LogP contribution in [0.4, 0.5) is 0 Å². The molecule has 0 aliphatic carbocycles. The second kappa shape index (κ2) is 7.68. The van der Waals surface area contributed by atoms with Gasteiger partial charge in [-0.25, -0.2) is 4.83 Å². The predicted octanol–water partition coefficient (Wildman–Crippen LogP) is 2.66. The number of rotatable bonds is 6. The molecule has 2 aromatic rings. The SMILES string of the molecule is C#CCOc1ccccc1/C=N\NS(=O)(=O)c1ccc(Cl)cc1. The minimum Gasteiger partial charge on any atom is -0.480 e. The number of hydrogen-bond acceptors (Lipinski definition) is 4. The number of terminal acetylenes is 1. The Kier molecular flexibility index (Phi) is 5.63. The highest BCUT2D eigenvalue weighted by molar-refractivity contribution is 7.89. The molecule has 7 heteroatoms. The lowest BCUT2D eigenvalue weighted by Crippen LogP contribution is -2.18. The standard InChI is InChI=1S/C16H13ClN2O3S/c1-2-11-22-16-6-4-3-5-13(16)12-18-19-23(20,21)15-9-7-14(17)8-10-15/h1,3-10,12,19H,11H2/b18-12-. The van der Waals surface area contributed by atoms with E-state index in [4.69, 9.17) is 22.8 Å². The summed E-state index contributed by atoms with van der Waals surface area (Å²) in [4.78, 5) is 2.19. The van der Waals surface area contributed by atoms with E-state index in [1.54, 1.807) is 24.3 Å². The Morgan fingerprint density at radius 3 is 2.61 bits per heavy atom. The third-order valence-electron chi connectivity index (χ3n) is 2.73. The summed E-state index contributed by atoms with van der Waals surface area (Å²) in [5, 5.41) is 4.20. The first kappa shape index (κ1) is 16.9. The van der Waals surface area contributed by atoms with Gasteiger partial charge < -0.3 is 4.74 Å². The highest BCUT2D eigenvalue weighted by atomic mass is 35.5. The number of hydrazone groups is 1. The number of nitrogens with zero attached hydrogens (tertiary/aromatic N) is 1. The molecule has 1 N–H and O–H groups in total. The fourth-order valence-electron chi connectivity index (χ4n) is 1.67. The summed E-state index contributed by atoms with van der Waals surface area (Å²) in [6, 6.07) is 12.8. The normalized spacial score (nSPS) is 11.1. The van der Waals surface area contributed by atoms with Gasteiger partial charge in [0.1, 0.15) is 12.4 Å². The summed E-state index contributed by atoms with van der Waals surface area (Å²) in [6.45, 7) is 0.112. The number of benzene rings is 2. The van der Waals surface area contributed by atoms with Crippen molar-refractivity contribution in [2.24, 2.45) is 5.10 Å². The second-order valence-corrected chi connectivity index (χ2v) is 6.43. The van der Waals surface area contributed by atoms with Crippen LogP contribution in [0.1, 0.15) is 5.56 Å². The van der Waals surface area contributed by atoms with Gasteiger partial charge in [-0.05, 0) is 36.4 Å². The van der Waals surface area contributed by atoms with E-state index < -0.39 is 10.0 Å². The van der Waals surface area contributed by atoms with E-state index in [0.29, 0.717) is 16.3 Å². The number of hydrogen-bond donors (Lipinski definition) is 1. The first-order chi connectivity index (χ1) is 11.0. The molecule has 0 spiro atoms. The molecule has 23 heavy (non-hydrogen) atoms. The van der Waals surface area contributed by atoms with Gasteiger partial charge in [-0.2, -0.15) is 13.5 Å². The van der Waals surface area contributed by atoms with Gasteiger partial charge in [-0.1, -0.05) is 29.7 Å². The average Bonchev–Trinajstić information content (AvgIpc) is 2.54. The number of halogens is 1. The van der Waals surface area contributed by atoms with E-state index in [1.165, 1.54) is 30.5 Å². The van der Waals surface area contributed by atoms with Crippen molar-refractivity contribution in [3.8, 4) is 18.1 Å². The number of nitrogens with one attached hydrogen (secondary N) is 1. The van der Waals surface area contributed by atoms with E-state index in [1.807, 2.05) is 0 Å². The largest absolute Gasteiger partial charge is 0.480 e. The highest BCUT2D eigenvalue weighted by Crippen LogP contribution is 2.16. The van der Waals surface area contributed by atoms with Crippen molar-refractivity contribution in [3.63, 3.8) is 0 Å². The van der Waals surface area contributed by atoms with Crippen molar-refractivity contribution in [3.05, 3.63) is 59.1 Å². The summed E-state index contributed by atoms with van der Waals surface area (Å²) in [7, 11) is -3.76. The van der Waals surface area contributed by atoms with E-state index in [-0.39, 0.29) is 11.5 Å². The number of ether oxygens (including phenoxy) is 1. The molecule has 0 atom stereocenters. The predicted molar refractivity (Wildman–Crippen MR) is 90.1 cm³/mol. The maximum atomic E-state index is 12.1. The lowest BCUT2D eigenvalue weighted by Gasteiger charge is -2.06. The van der Waals surface area contributed by atoms with E-state index in [0.717, 1.165) is 0 Å². The van der Waals surface area contributed by atoms with Gasteiger partial charge in [0.25, 0.3) is 10.0 Å². The van der Waals surface area contributed by atoms with E-state index in [9.17, 15) is 8.42 Å². The van der Waals surface area contributed by atoms with Crippen LogP contribution in [0.2, 0.25) is 5.02 Å². The van der Waals surface area contributed by atoms with Crippen LogP contribution in [-0.2, 0) is 10.0 Å². The van der Waals surface area contributed by atoms with Crippen molar-refractivity contribution in [1.29, 1.82) is 0 Å². The van der Waals surface area contributed by atoms with Crippen molar-refractivity contribution >= 4 is 27.8 Å². The molecule has 0 aliphatic rings. The van der Waals surface area contributed by atoms with Crippen molar-refractivity contribution in [1.82, 2.24) is 4.83 Å². The third-order valence-corrected chi connectivity index (χ3v) is 4.22. The summed E-state index contributed by atoms with van der Waals surface area (Å²) >= 11 is 5.73. The zero-order chi connectivity index (χ0) is 16.7. The summed E-state index contributed by atoms with van der Waals surface area (Å²) in [5.41, 5.74) is 0.599. The molecule has 0 bridgehead atoms. The first-order valence-electron chi connectivity index (χ1n) is 6.48. The first-order valence-corrected chi connectivity index (χ1v) is 8.35. The average molecular weight is 349 g/mol. The Bertz CT molecular complexity index is 840. The van der Waals surface area contributed by atoms with Crippen molar-refractivity contribution in [2.45, 2.75) is 4.90 Å². The molecular formula is C16H13ClN2O3S. The molecular weight excluding hydrogens is 336 g/mol. The van der Waals surface area contributed by atoms with Crippen molar-refractivity contribution in [2.75, 3.05) is 6.61 Å². The Labute approximate surface area is 140 Å². The van der Waals surface area contributed by atoms with Crippen LogP contribution < -0.4 is 9.57 Å². The van der Waals surface area contributed by atoms with Gasteiger partial charge in [0.05, 0.1) is 11.1 Å². The Balaban J connectivity index is 2.12. The van der Waals surface area contributed by atoms with Crippen LogP contribution in [0, 0.1) is 12.3 Å². The molecule has 0 radical (unpaired) electrons. The minimum absolute atomic E-state index is 0.0657. The molecule has 5 nitrogen and oxygen atoms in total. The van der Waals surface area contributed by atoms with Crippen LogP contribution in [0.15, 0.2) is 58.5 Å². The molecule has 0 unspecified atom stereocenters. The fourth-order valence-corrected chi connectivity index (χ4v) is 2.59. The lowest BCUT2D eigenvalue weighted by molar-refractivity contribution is 0.370. The third kappa shape index (κ3) is 4.74. The molecule has 0 fully saturated rings. The Hall–Kier alpha value is -2.49. The van der Waals surface area contributed by atoms with Crippen LogP contribution >= 0.6 is 11.6 Å². The second-order valence-electron chi connectivity index (χ2n) is 4.34. The Morgan fingerprint density at radius 2 is 1.91 bits per heavy atom. The number of sulfonamides is 1. The number of para-hydroxylation sites is 1. The van der Waals surface area contributed by atoms with E-state index >= 15 is 0 Å². The summed E-state index contributed by atoms with van der Waals surface area (Å²) in [6.07, 6.45) is 6.50.